The maximum Gasteiger partial charge on any atom is 0.0378 e. The third kappa shape index (κ3) is 3.94. The average molecular weight is 326 g/mol. The van der Waals surface area contributed by atoms with E-state index >= 15 is 0 Å². The molecule has 106 valence electrons. The van der Waals surface area contributed by atoms with E-state index in [-0.39, 0.29) is 6.04 Å². The van der Waals surface area contributed by atoms with Gasteiger partial charge in [0.1, 0.15) is 0 Å². The van der Waals surface area contributed by atoms with Crippen molar-refractivity contribution in [1.29, 1.82) is 0 Å². The van der Waals surface area contributed by atoms with E-state index in [0.717, 1.165) is 39.1 Å². The summed E-state index contributed by atoms with van der Waals surface area (Å²) in [7, 11) is 0. The van der Waals surface area contributed by atoms with Crippen LogP contribution in [0.2, 0.25) is 0 Å². The first-order valence-corrected chi connectivity index (χ1v) is 7.90. The zero-order chi connectivity index (χ0) is 13.8. The van der Waals surface area contributed by atoms with Crippen LogP contribution in [0.15, 0.2) is 22.7 Å². The molecule has 0 bridgehead atoms. The second-order valence-corrected chi connectivity index (χ2v) is 6.23. The first kappa shape index (κ1) is 14.8. The molecule has 0 saturated carbocycles. The van der Waals surface area contributed by atoms with Gasteiger partial charge >= 0.3 is 0 Å². The molecule has 1 aliphatic heterocycles. The molecular formula is C15H24BrN3. The molecule has 1 saturated heterocycles. The van der Waals surface area contributed by atoms with E-state index in [2.05, 4.69) is 50.9 Å². The largest absolute Gasteiger partial charge is 0.369 e. The highest BCUT2D eigenvalue weighted by Gasteiger charge is 2.16. The number of anilines is 1. The van der Waals surface area contributed by atoms with Crippen LogP contribution in [-0.4, -0.2) is 43.7 Å². The molecule has 1 aromatic rings. The van der Waals surface area contributed by atoms with Crippen molar-refractivity contribution in [3.63, 3.8) is 0 Å². The molecule has 0 amide bonds. The summed E-state index contributed by atoms with van der Waals surface area (Å²) in [5, 5.41) is 0. The van der Waals surface area contributed by atoms with Gasteiger partial charge in [-0.05, 0) is 37.6 Å². The number of rotatable bonds is 4. The van der Waals surface area contributed by atoms with Crippen LogP contribution in [0.25, 0.3) is 0 Å². The smallest absolute Gasteiger partial charge is 0.0378 e. The van der Waals surface area contributed by atoms with Crippen molar-refractivity contribution in [2.75, 3.05) is 37.6 Å². The van der Waals surface area contributed by atoms with Crippen LogP contribution in [0.3, 0.4) is 0 Å². The number of hydrogen-bond acceptors (Lipinski definition) is 3. The number of nitrogens with two attached hydrogens (primary N) is 1. The van der Waals surface area contributed by atoms with Crippen LogP contribution in [0.1, 0.15) is 19.4 Å². The van der Waals surface area contributed by atoms with Crippen molar-refractivity contribution >= 4 is 21.6 Å². The van der Waals surface area contributed by atoms with E-state index in [1.165, 1.54) is 15.7 Å². The maximum absolute atomic E-state index is 5.87. The fourth-order valence-electron chi connectivity index (χ4n) is 2.57. The lowest BCUT2D eigenvalue weighted by molar-refractivity contribution is 0.271. The van der Waals surface area contributed by atoms with Gasteiger partial charge < -0.3 is 15.5 Å². The molecule has 1 aliphatic rings. The zero-order valence-electron chi connectivity index (χ0n) is 11.9. The molecule has 1 aromatic carbocycles. The van der Waals surface area contributed by atoms with Crippen LogP contribution in [0, 0.1) is 0 Å². The number of benzene rings is 1. The highest BCUT2D eigenvalue weighted by molar-refractivity contribution is 9.10. The van der Waals surface area contributed by atoms with Gasteiger partial charge in [-0.3, -0.25) is 0 Å². The molecule has 4 heteroatoms. The van der Waals surface area contributed by atoms with Gasteiger partial charge in [-0.2, -0.15) is 0 Å². The molecule has 3 nitrogen and oxygen atoms in total. The van der Waals surface area contributed by atoms with Crippen molar-refractivity contribution in [2.45, 2.75) is 26.3 Å². The van der Waals surface area contributed by atoms with Gasteiger partial charge in [0.2, 0.25) is 0 Å². The minimum Gasteiger partial charge on any atom is -0.369 e. The standard InChI is InChI=1S/C15H24BrN3/c1-3-18-6-8-19(9-7-18)14-5-4-13(10-12(2)17)15(16)11-14/h4-5,11-12H,3,6-10,17H2,1-2H3. The van der Waals surface area contributed by atoms with Gasteiger partial charge in [-0.15, -0.1) is 0 Å². The van der Waals surface area contributed by atoms with Crippen LogP contribution < -0.4 is 10.6 Å². The Kier molecular flexibility index (Phi) is 5.25. The molecule has 0 spiro atoms. The zero-order valence-corrected chi connectivity index (χ0v) is 13.5. The van der Waals surface area contributed by atoms with Gasteiger partial charge in [-0.25, -0.2) is 0 Å². The van der Waals surface area contributed by atoms with Crippen LogP contribution in [0.5, 0.6) is 0 Å². The molecule has 0 radical (unpaired) electrons. The Balaban J connectivity index is 2.04. The van der Waals surface area contributed by atoms with Gasteiger partial charge in [0, 0.05) is 42.4 Å². The van der Waals surface area contributed by atoms with Crippen molar-refractivity contribution in [3.05, 3.63) is 28.2 Å². The van der Waals surface area contributed by atoms with E-state index in [0.29, 0.717) is 0 Å². The molecule has 1 fully saturated rings. The van der Waals surface area contributed by atoms with Gasteiger partial charge in [0.05, 0.1) is 0 Å². The SMILES string of the molecule is CCN1CCN(c2ccc(CC(C)N)c(Br)c2)CC1. The second-order valence-electron chi connectivity index (χ2n) is 5.38. The topological polar surface area (TPSA) is 32.5 Å². The van der Waals surface area contributed by atoms with E-state index in [1.807, 2.05) is 6.92 Å². The van der Waals surface area contributed by atoms with Gasteiger partial charge in [0.15, 0.2) is 0 Å². The van der Waals surface area contributed by atoms with E-state index < -0.39 is 0 Å². The summed E-state index contributed by atoms with van der Waals surface area (Å²) >= 11 is 3.68. The third-order valence-corrected chi connectivity index (χ3v) is 4.50. The molecule has 1 atom stereocenters. The van der Waals surface area contributed by atoms with E-state index in [9.17, 15) is 0 Å². The molecule has 0 aliphatic carbocycles. The normalized spacial score (nSPS) is 18.6. The number of halogens is 1. The average Bonchev–Trinajstić information content (AvgIpc) is 2.41. The Labute approximate surface area is 124 Å². The lowest BCUT2D eigenvalue weighted by Gasteiger charge is -2.35. The lowest BCUT2D eigenvalue weighted by Crippen LogP contribution is -2.46. The van der Waals surface area contributed by atoms with Crippen molar-refractivity contribution < 1.29 is 0 Å². The van der Waals surface area contributed by atoms with Crippen LogP contribution in [0.4, 0.5) is 5.69 Å². The summed E-state index contributed by atoms with van der Waals surface area (Å²) in [5.41, 5.74) is 8.48. The molecule has 1 unspecified atom stereocenters. The lowest BCUT2D eigenvalue weighted by atomic mass is 10.1. The quantitative estimate of drug-likeness (QED) is 0.923. The van der Waals surface area contributed by atoms with E-state index in [4.69, 9.17) is 5.73 Å². The number of piperazine rings is 1. The molecule has 0 aromatic heterocycles. The highest BCUT2D eigenvalue weighted by Crippen LogP contribution is 2.25. The monoisotopic (exact) mass is 325 g/mol. The predicted molar refractivity (Wildman–Crippen MR) is 85.8 cm³/mol. The van der Waals surface area contributed by atoms with Crippen LogP contribution in [-0.2, 0) is 6.42 Å². The third-order valence-electron chi connectivity index (χ3n) is 3.76. The molecular weight excluding hydrogens is 302 g/mol. The molecule has 1 heterocycles. The Morgan fingerprint density at radius 2 is 1.95 bits per heavy atom. The Morgan fingerprint density at radius 3 is 2.47 bits per heavy atom. The number of nitrogens with zero attached hydrogens (tertiary/aromatic N) is 2. The summed E-state index contributed by atoms with van der Waals surface area (Å²) in [6.45, 7) is 10.00. The molecule has 2 rings (SSSR count). The number of likely N-dealkylation sites (N-methyl/N-ethyl adjacent to an activating group) is 1. The summed E-state index contributed by atoms with van der Waals surface area (Å²) < 4.78 is 1.18. The first-order chi connectivity index (χ1) is 9.10. The Morgan fingerprint density at radius 1 is 1.26 bits per heavy atom. The summed E-state index contributed by atoms with van der Waals surface area (Å²) in [6.07, 6.45) is 0.921. The molecule has 19 heavy (non-hydrogen) atoms. The Bertz CT molecular complexity index is 412. The summed E-state index contributed by atoms with van der Waals surface area (Å²) in [5.74, 6) is 0. The van der Waals surface area contributed by atoms with Crippen LogP contribution >= 0.6 is 15.9 Å². The van der Waals surface area contributed by atoms with Crippen molar-refractivity contribution in [1.82, 2.24) is 4.90 Å². The fraction of sp³-hybridized carbons (Fsp3) is 0.600. The first-order valence-electron chi connectivity index (χ1n) is 7.11. The van der Waals surface area contributed by atoms with Crippen molar-refractivity contribution in [2.24, 2.45) is 5.73 Å². The minimum absolute atomic E-state index is 0.204. The minimum atomic E-state index is 0.204. The fourth-order valence-corrected chi connectivity index (χ4v) is 3.10. The van der Waals surface area contributed by atoms with Crippen molar-refractivity contribution in [3.8, 4) is 0 Å². The van der Waals surface area contributed by atoms with E-state index in [1.54, 1.807) is 0 Å². The highest BCUT2D eigenvalue weighted by atomic mass is 79.9. The number of hydrogen-bond donors (Lipinski definition) is 1. The summed E-state index contributed by atoms with van der Waals surface area (Å²) in [6, 6.07) is 6.87. The van der Waals surface area contributed by atoms with Gasteiger partial charge in [-0.1, -0.05) is 28.9 Å². The molecule has 2 N–H and O–H groups in total. The second kappa shape index (κ2) is 6.73. The maximum atomic E-state index is 5.87. The van der Waals surface area contributed by atoms with Gasteiger partial charge in [0.25, 0.3) is 0 Å². The predicted octanol–water partition coefficient (Wildman–Crippen LogP) is 2.48. The summed E-state index contributed by atoms with van der Waals surface area (Å²) in [4.78, 5) is 4.96. The Hall–Kier alpha value is -0.580.